The van der Waals surface area contributed by atoms with Crippen LogP contribution in [0.3, 0.4) is 0 Å². The van der Waals surface area contributed by atoms with E-state index in [1.54, 1.807) is 0 Å². The minimum atomic E-state index is -0.566. The third-order valence-electron chi connectivity index (χ3n) is 5.27. The fraction of sp³-hybridized carbons (Fsp3) is 0.409. The van der Waals surface area contributed by atoms with E-state index in [2.05, 4.69) is 42.2 Å². The molecule has 0 amide bonds. The van der Waals surface area contributed by atoms with Crippen molar-refractivity contribution in [1.29, 1.82) is 5.26 Å². The molecule has 1 atom stereocenters. The van der Waals surface area contributed by atoms with Crippen LogP contribution >= 0.6 is 0 Å². The van der Waals surface area contributed by atoms with Gasteiger partial charge in [0.15, 0.2) is 0 Å². The molecular formula is C22H26N2. The van der Waals surface area contributed by atoms with Gasteiger partial charge in [-0.2, -0.15) is 5.26 Å². The molecule has 2 nitrogen and oxygen atoms in total. The summed E-state index contributed by atoms with van der Waals surface area (Å²) in [5.74, 6) is 0.767. The highest BCUT2D eigenvalue weighted by Gasteiger charge is 2.35. The fourth-order valence-corrected chi connectivity index (χ4v) is 3.90. The molecule has 0 bridgehead atoms. The summed E-state index contributed by atoms with van der Waals surface area (Å²) < 4.78 is 0. The number of benzene rings is 2. The van der Waals surface area contributed by atoms with Gasteiger partial charge in [-0.15, -0.1) is 0 Å². The SMILES string of the molecule is C[C@@H]1CCCN(CCC(C#N)(c2ccccc2)c2ccccc2)C1. The van der Waals surface area contributed by atoms with E-state index in [-0.39, 0.29) is 0 Å². The van der Waals surface area contributed by atoms with Gasteiger partial charge in [-0.1, -0.05) is 67.6 Å². The van der Waals surface area contributed by atoms with Crippen LogP contribution in [0.1, 0.15) is 37.3 Å². The van der Waals surface area contributed by atoms with E-state index >= 15 is 0 Å². The summed E-state index contributed by atoms with van der Waals surface area (Å²) in [6.45, 7) is 5.63. The number of nitrogens with zero attached hydrogens (tertiary/aromatic N) is 2. The molecule has 0 N–H and O–H groups in total. The van der Waals surface area contributed by atoms with Crippen molar-refractivity contribution in [3.05, 3.63) is 71.8 Å². The molecule has 2 heteroatoms. The molecule has 124 valence electrons. The lowest BCUT2D eigenvalue weighted by Gasteiger charge is -2.34. The van der Waals surface area contributed by atoms with E-state index < -0.39 is 5.41 Å². The van der Waals surface area contributed by atoms with Crippen LogP contribution in [0.4, 0.5) is 0 Å². The zero-order valence-corrected chi connectivity index (χ0v) is 14.5. The molecule has 3 rings (SSSR count). The van der Waals surface area contributed by atoms with E-state index in [0.717, 1.165) is 43.1 Å². The molecule has 1 saturated heterocycles. The average molecular weight is 318 g/mol. The lowest BCUT2D eigenvalue weighted by Crippen LogP contribution is -2.38. The summed E-state index contributed by atoms with van der Waals surface area (Å²) >= 11 is 0. The number of hydrogen-bond donors (Lipinski definition) is 0. The molecule has 1 fully saturated rings. The van der Waals surface area contributed by atoms with Crippen LogP contribution in [-0.4, -0.2) is 24.5 Å². The second kappa shape index (κ2) is 7.64. The molecule has 0 radical (unpaired) electrons. The fourth-order valence-electron chi connectivity index (χ4n) is 3.90. The van der Waals surface area contributed by atoms with Crippen molar-refractivity contribution in [1.82, 2.24) is 4.90 Å². The highest BCUT2D eigenvalue weighted by atomic mass is 15.1. The van der Waals surface area contributed by atoms with Gasteiger partial charge in [-0.3, -0.25) is 0 Å². The second-order valence-corrected chi connectivity index (χ2v) is 7.05. The van der Waals surface area contributed by atoms with Crippen molar-refractivity contribution in [2.45, 2.75) is 31.6 Å². The monoisotopic (exact) mass is 318 g/mol. The van der Waals surface area contributed by atoms with Gasteiger partial charge in [0.2, 0.25) is 0 Å². The van der Waals surface area contributed by atoms with Crippen molar-refractivity contribution in [3.8, 4) is 6.07 Å². The van der Waals surface area contributed by atoms with Crippen LogP contribution in [0.15, 0.2) is 60.7 Å². The van der Waals surface area contributed by atoms with Crippen molar-refractivity contribution in [2.75, 3.05) is 19.6 Å². The Morgan fingerprint density at radius 2 is 1.62 bits per heavy atom. The predicted octanol–water partition coefficient (Wildman–Crippen LogP) is 4.62. The minimum Gasteiger partial charge on any atom is -0.303 e. The largest absolute Gasteiger partial charge is 0.303 e. The van der Waals surface area contributed by atoms with Crippen LogP contribution in [-0.2, 0) is 5.41 Å². The smallest absolute Gasteiger partial charge is 0.108 e. The Balaban J connectivity index is 1.89. The van der Waals surface area contributed by atoms with Crippen molar-refractivity contribution < 1.29 is 0 Å². The Morgan fingerprint density at radius 3 is 2.12 bits per heavy atom. The second-order valence-electron chi connectivity index (χ2n) is 7.05. The molecule has 2 aromatic carbocycles. The van der Waals surface area contributed by atoms with Gasteiger partial charge in [0.05, 0.1) is 6.07 Å². The molecule has 1 aliphatic rings. The minimum absolute atomic E-state index is 0.566. The average Bonchev–Trinajstić information content (AvgIpc) is 2.64. The quantitative estimate of drug-likeness (QED) is 0.804. The van der Waals surface area contributed by atoms with Crippen molar-refractivity contribution in [3.63, 3.8) is 0 Å². The Morgan fingerprint density at radius 1 is 1.04 bits per heavy atom. The summed E-state index contributed by atoms with van der Waals surface area (Å²) in [7, 11) is 0. The molecule has 0 aliphatic carbocycles. The van der Waals surface area contributed by atoms with Crippen LogP contribution in [0.2, 0.25) is 0 Å². The maximum absolute atomic E-state index is 10.2. The molecule has 2 aromatic rings. The first-order chi connectivity index (χ1) is 11.7. The Labute approximate surface area is 145 Å². The highest BCUT2D eigenvalue weighted by molar-refractivity contribution is 5.45. The Hall–Kier alpha value is -2.11. The number of likely N-dealkylation sites (tertiary alicyclic amines) is 1. The maximum Gasteiger partial charge on any atom is 0.108 e. The van der Waals surface area contributed by atoms with E-state index in [1.165, 1.54) is 12.8 Å². The molecule has 0 unspecified atom stereocenters. The summed E-state index contributed by atoms with van der Waals surface area (Å²) in [6, 6.07) is 23.2. The van der Waals surface area contributed by atoms with E-state index in [9.17, 15) is 5.26 Å². The molecule has 0 spiro atoms. The lowest BCUT2D eigenvalue weighted by atomic mass is 9.73. The van der Waals surface area contributed by atoms with Gasteiger partial charge in [0.25, 0.3) is 0 Å². The lowest BCUT2D eigenvalue weighted by molar-refractivity contribution is 0.176. The molecular weight excluding hydrogens is 292 g/mol. The first-order valence-electron chi connectivity index (χ1n) is 8.99. The first kappa shape index (κ1) is 16.7. The van der Waals surface area contributed by atoms with Gasteiger partial charge in [-0.25, -0.2) is 0 Å². The molecule has 1 heterocycles. The number of hydrogen-bond acceptors (Lipinski definition) is 2. The standard InChI is InChI=1S/C22H26N2/c1-19-9-8-15-24(17-19)16-14-22(18-23,20-10-4-2-5-11-20)21-12-6-3-7-13-21/h2-7,10-13,19H,8-9,14-17H2,1H3/t19-/m1/s1. The third kappa shape index (κ3) is 3.52. The first-order valence-corrected chi connectivity index (χ1v) is 8.99. The molecule has 24 heavy (non-hydrogen) atoms. The summed E-state index contributed by atoms with van der Waals surface area (Å²) in [5.41, 5.74) is 1.64. The highest BCUT2D eigenvalue weighted by Crippen LogP contribution is 2.35. The van der Waals surface area contributed by atoms with Crippen LogP contribution in [0.5, 0.6) is 0 Å². The van der Waals surface area contributed by atoms with Gasteiger partial charge in [-0.05, 0) is 42.9 Å². The van der Waals surface area contributed by atoms with E-state index in [4.69, 9.17) is 0 Å². The topological polar surface area (TPSA) is 27.0 Å². The zero-order chi connectivity index (χ0) is 16.8. The van der Waals surface area contributed by atoms with Crippen LogP contribution in [0, 0.1) is 17.2 Å². The van der Waals surface area contributed by atoms with Gasteiger partial charge in [0, 0.05) is 13.1 Å². The Bertz CT molecular complexity index is 633. The number of nitriles is 1. The summed E-state index contributed by atoms with van der Waals surface area (Å²) in [6.07, 6.45) is 3.44. The normalized spacial score (nSPS) is 18.9. The number of piperidine rings is 1. The molecule has 0 saturated carbocycles. The number of rotatable bonds is 5. The van der Waals surface area contributed by atoms with Gasteiger partial charge < -0.3 is 4.90 Å². The maximum atomic E-state index is 10.2. The van der Waals surface area contributed by atoms with E-state index in [0.29, 0.717) is 0 Å². The summed E-state index contributed by atoms with van der Waals surface area (Å²) in [5, 5.41) is 10.2. The summed E-state index contributed by atoms with van der Waals surface area (Å²) in [4.78, 5) is 2.53. The van der Waals surface area contributed by atoms with Gasteiger partial charge in [0.1, 0.15) is 5.41 Å². The van der Waals surface area contributed by atoms with Crippen molar-refractivity contribution in [2.24, 2.45) is 5.92 Å². The Kier molecular flexibility index (Phi) is 5.33. The van der Waals surface area contributed by atoms with Crippen LogP contribution < -0.4 is 0 Å². The van der Waals surface area contributed by atoms with Crippen LogP contribution in [0.25, 0.3) is 0 Å². The molecule has 1 aliphatic heterocycles. The zero-order valence-electron chi connectivity index (χ0n) is 14.5. The van der Waals surface area contributed by atoms with Crippen molar-refractivity contribution >= 4 is 0 Å². The third-order valence-corrected chi connectivity index (χ3v) is 5.27. The molecule has 0 aromatic heterocycles. The van der Waals surface area contributed by atoms with E-state index in [1.807, 2.05) is 36.4 Å². The van der Waals surface area contributed by atoms with Gasteiger partial charge >= 0.3 is 0 Å². The predicted molar refractivity (Wildman–Crippen MR) is 98.7 cm³/mol.